The Morgan fingerprint density at radius 1 is 1.39 bits per heavy atom. The maximum atomic E-state index is 12.4. The number of aromatic nitrogens is 1. The number of rotatable bonds is 3. The molecule has 18 heavy (non-hydrogen) atoms. The molecule has 1 aromatic heterocycles. The molecule has 1 atom stereocenters. The Bertz CT molecular complexity index is 553. The Hall–Kier alpha value is -1.26. The average molecular weight is 288 g/mol. The number of nitrogens with zero attached hydrogens (tertiary/aromatic N) is 2. The standard InChI is InChI=1S/C11H7F3N2S2/c12-11(13,14)7(5-15)6-17-10-16-8-3-1-2-4-9(8)18-10/h1-4,7H,6H2. The van der Waals surface area contributed by atoms with Gasteiger partial charge in [0.2, 0.25) is 0 Å². The van der Waals surface area contributed by atoms with Gasteiger partial charge < -0.3 is 0 Å². The molecule has 0 saturated heterocycles. The third-order valence-electron chi connectivity index (χ3n) is 2.20. The van der Waals surface area contributed by atoms with Crippen LogP contribution in [0, 0.1) is 17.2 Å². The van der Waals surface area contributed by atoms with E-state index in [0.29, 0.717) is 4.34 Å². The number of fused-ring (bicyclic) bond motifs is 1. The van der Waals surface area contributed by atoms with Crippen molar-refractivity contribution in [3.8, 4) is 6.07 Å². The number of thiazole rings is 1. The Balaban J connectivity index is 2.08. The summed E-state index contributed by atoms with van der Waals surface area (Å²) in [6.07, 6.45) is -4.47. The van der Waals surface area contributed by atoms with Gasteiger partial charge in [-0.05, 0) is 12.1 Å². The molecule has 2 aromatic rings. The predicted octanol–water partition coefficient (Wildman–Crippen LogP) is 4.09. The molecule has 0 aliphatic heterocycles. The minimum Gasteiger partial charge on any atom is -0.230 e. The summed E-state index contributed by atoms with van der Waals surface area (Å²) in [5.41, 5.74) is 0.769. The van der Waals surface area contributed by atoms with E-state index >= 15 is 0 Å². The zero-order valence-corrected chi connectivity index (χ0v) is 10.6. The van der Waals surface area contributed by atoms with Crippen molar-refractivity contribution in [2.24, 2.45) is 5.92 Å². The predicted molar refractivity (Wildman–Crippen MR) is 65.5 cm³/mol. The summed E-state index contributed by atoms with van der Waals surface area (Å²) in [7, 11) is 0. The normalized spacial score (nSPS) is 13.4. The van der Waals surface area contributed by atoms with Crippen molar-refractivity contribution < 1.29 is 13.2 Å². The van der Waals surface area contributed by atoms with Gasteiger partial charge >= 0.3 is 6.18 Å². The molecule has 1 unspecified atom stereocenters. The van der Waals surface area contributed by atoms with Crippen molar-refractivity contribution in [1.29, 1.82) is 5.26 Å². The van der Waals surface area contributed by atoms with E-state index in [9.17, 15) is 13.2 Å². The molecule has 0 spiro atoms. The monoisotopic (exact) mass is 288 g/mol. The molecule has 0 aliphatic rings. The summed E-state index contributed by atoms with van der Waals surface area (Å²) in [5.74, 6) is -2.27. The van der Waals surface area contributed by atoms with Gasteiger partial charge in [-0.15, -0.1) is 11.3 Å². The summed E-state index contributed by atoms with van der Waals surface area (Å²) in [6.45, 7) is 0. The Morgan fingerprint density at radius 3 is 2.72 bits per heavy atom. The fourth-order valence-corrected chi connectivity index (χ4v) is 3.41. The third-order valence-corrected chi connectivity index (χ3v) is 4.47. The molecule has 0 bridgehead atoms. The number of hydrogen-bond acceptors (Lipinski definition) is 4. The van der Waals surface area contributed by atoms with Gasteiger partial charge in [0.25, 0.3) is 0 Å². The van der Waals surface area contributed by atoms with Crippen LogP contribution >= 0.6 is 23.1 Å². The van der Waals surface area contributed by atoms with E-state index in [-0.39, 0.29) is 5.75 Å². The summed E-state index contributed by atoms with van der Waals surface area (Å²) in [6, 6.07) is 8.62. The smallest absolute Gasteiger partial charge is 0.230 e. The SMILES string of the molecule is N#CC(CSc1nc2ccccc2s1)C(F)(F)F. The van der Waals surface area contributed by atoms with E-state index in [1.54, 1.807) is 6.07 Å². The lowest BCUT2D eigenvalue weighted by atomic mass is 10.2. The lowest BCUT2D eigenvalue weighted by Crippen LogP contribution is -2.23. The molecule has 0 aliphatic carbocycles. The maximum Gasteiger partial charge on any atom is 0.405 e. The highest BCUT2D eigenvalue weighted by atomic mass is 32.2. The number of thioether (sulfide) groups is 1. The first kappa shape index (κ1) is 13.2. The minimum absolute atomic E-state index is 0.320. The first-order valence-corrected chi connectivity index (χ1v) is 6.75. The number of halogens is 3. The molecule has 0 radical (unpaired) electrons. The van der Waals surface area contributed by atoms with Gasteiger partial charge in [-0.3, -0.25) is 0 Å². The second-order valence-corrected chi connectivity index (χ2v) is 5.78. The summed E-state index contributed by atoms with van der Waals surface area (Å²) in [4.78, 5) is 4.21. The average Bonchev–Trinajstić information content (AvgIpc) is 2.70. The molecule has 0 amide bonds. The van der Waals surface area contributed by atoms with E-state index in [4.69, 9.17) is 5.26 Å². The molecule has 7 heteroatoms. The molecule has 1 heterocycles. The van der Waals surface area contributed by atoms with E-state index in [1.807, 2.05) is 18.2 Å². The second-order valence-electron chi connectivity index (χ2n) is 3.48. The first-order chi connectivity index (χ1) is 8.50. The van der Waals surface area contributed by atoms with Gasteiger partial charge in [-0.2, -0.15) is 18.4 Å². The molecule has 94 valence electrons. The number of hydrogen-bond donors (Lipinski definition) is 0. The number of nitriles is 1. The highest BCUT2D eigenvalue weighted by molar-refractivity contribution is 8.01. The van der Waals surface area contributed by atoms with E-state index in [2.05, 4.69) is 4.98 Å². The van der Waals surface area contributed by atoms with Crippen LogP contribution in [0.4, 0.5) is 13.2 Å². The van der Waals surface area contributed by atoms with E-state index in [1.165, 1.54) is 17.4 Å². The fraction of sp³-hybridized carbons (Fsp3) is 0.273. The summed E-state index contributed by atoms with van der Waals surface area (Å²) in [5, 5.41) is 8.48. The van der Waals surface area contributed by atoms with Crippen LogP contribution in [-0.4, -0.2) is 16.9 Å². The van der Waals surface area contributed by atoms with Crippen molar-refractivity contribution in [3.05, 3.63) is 24.3 Å². The number of alkyl halides is 3. The largest absolute Gasteiger partial charge is 0.405 e. The van der Waals surface area contributed by atoms with Gasteiger partial charge in [-0.1, -0.05) is 23.9 Å². The second kappa shape index (κ2) is 5.16. The molecule has 0 fully saturated rings. The van der Waals surface area contributed by atoms with Crippen molar-refractivity contribution in [3.63, 3.8) is 0 Å². The van der Waals surface area contributed by atoms with Crippen molar-refractivity contribution in [2.45, 2.75) is 10.5 Å². The summed E-state index contributed by atoms with van der Waals surface area (Å²) < 4.78 is 38.6. The van der Waals surface area contributed by atoms with Crippen LogP contribution < -0.4 is 0 Å². The molecule has 0 saturated carbocycles. The molecule has 0 N–H and O–H groups in total. The fourth-order valence-electron chi connectivity index (χ4n) is 1.27. The van der Waals surface area contributed by atoms with Gasteiger partial charge in [0.1, 0.15) is 0 Å². The molecular formula is C11H7F3N2S2. The Morgan fingerprint density at radius 2 is 2.11 bits per heavy atom. The molecule has 1 aromatic carbocycles. The highest BCUT2D eigenvalue weighted by Gasteiger charge is 2.39. The van der Waals surface area contributed by atoms with Crippen LogP contribution in [0.5, 0.6) is 0 Å². The van der Waals surface area contributed by atoms with Crippen LogP contribution in [0.3, 0.4) is 0 Å². The summed E-state index contributed by atoms with van der Waals surface area (Å²) >= 11 is 2.31. The third kappa shape index (κ3) is 2.94. The van der Waals surface area contributed by atoms with Crippen molar-refractivity contribution in [2.75, 3.05) is 5.75 Å². The minimum atomic E-state index is -4.47. The van der Waals surface area contributed by atoms with Gasteiger partial charge in [0, 0.05) is 5.75 Å². The van der Waals surface area contributed by atoms with Crippen LogP contribution in [0.15, 0.2) is 28.6 Å². The van der Waals surface area contributed by atoms with Crippen LogP contribution in [0.25, 0.3) is 10.2 Å². The molecule has 2 rings (SSSR count). The van der Waals surface area contributed by atoms with E-state index < -0.39 is 12.1 Å². The van der Waals surface area contributed by atoms with Crippen molar-refractivity contribution >= 4 is 33.3 Å². The lowest BCUT2D eigenvalue weighted by Gasteiger charge is -2.11. The number of para-hydroxylation sites is 1. The molecule has 2 nitrogen and oxygen atoms in total. The van der Waals surface area contributed by atoms with Crippen LogP contribution in [0.1, 0.15) is 0 Å². The van der Waals surface area contributed by atoms with Gasteiger partial charge in [-0.25, -0.2) is 4.98 Å². The van der Waals surface area contributed by atoms with Crippen LogP contribution in [0.2, 0.25) is 0 Å². The van der Waals surface area contributed by atoms with E-state index in [0.717, 1.165) is 22.0 Å². The number of benzene rings is 1. The van der Waals surface area contributed by atoms with Crippen molar-refractivity contribution in [1.82, 2.24) is 4.98 Å². The zero-order chi connectivity index (χ0) is 13.2. The zero-order valence-electron chi connectivity index (χ0n) is 8.94. The van der Waals surface area contributed by atoms with Gasteiger partial charge in [0.15, 0.2) is 10.3 Å². The quantitative estimate of drug-likeness (QED) is 0.798. The lowest BCUT2D eigenvalue weighted by molar-refractivity contribution is -0.152. The molecular weight excluding hydrogens is 281 g/mol. The first-order valence-electron chi connectivity index (χ1n) is 4.95. The van der Waals surface area contributed by atoms with Crippen LogP contribution in [-0.2, 0) is 0 Å². The maximum absolute atomic E-state index is 12.4. The highest BCUT2D eigenvalue weighted by Crippen LogP contribution is 2.34. The van der Waals surface area contributed by atoms with Gasteiger partial charge in [0.05, 0.1) is 16.3 Å². The Kier molecular flexibility index (Phi) is 3.78. The topological polar surface area (TPSA) is 36.7 Å². The Labute approximate surface area is 109 Å².